The van der Waals surface area contributed by atoms with Gasteiger partial charge in [0.15, 0.2) is 0 Å². The topological polar surface area (TPSA) is 101 Å². The summed E-state index contributed by atoms with van der Waals surface area (Å²) in [4.78, 5) is 22.9. The summed E-state index contributed by atoms with van der Waals surface area (Å²) >= 11 is 0. The van der Waals surface area contributed by atoms with E-state index in [0.717, 1.165) is 0 Å². The third kappa shape index (κ3) is 1.65. The predicted octanol–water partition coefficient (Wildman–Crippen LogP) is -2.18. The van der Waals surface area contributed by atoms with E-state index in [1.807, 2.05) is 0 Å². The van der Waals surface area contributed by atoms with Crippen LogP contribution in [0.3, 0.4) is 0 Å². The van der Waals surface area contributed by atoms with Crippen LogP contribution in [0.1, 0.15) is 0 Å². The number of urea groups is 1. The van der Waals surface area contributed by atoms with Crippen LogP contribution in [0.15, 0.2) is 0 Å². The van der Waals surface area contributed by atoms with Crippen LogP contribution in [0.25, 0.3) is 0 Å². The van der Waals surface area contributed by atoms with Crippen LogP contribution < -0.4 is 16.8 Å². The average Bonchev–Trinajstić information content (AvgIpc) is 2.04. The lowest BCUT2D eigenvalue weighted by atomic mass is 10.2. The van der Waals surface area contributed by atoms with Gasteiger partial charge in [0.1, 0.15) is 6.04 Å². The summed E-state index contributed by atoms with van der Waals surface area (Å²) in [6.45, 7) is 1.47. The van der Waals surface area contributed by atoms with Gasteiger partial charge in [0, 0.05) is 19.6 Å². The van der Waals surface area contributed by atoms with Gasteiger partial charge in [0.2, 0.25) is 5.91 Å². The molecule has 0 aliphatic carbocycles. The van der Waals surface area contributed by atoms with Crippen molar-refractivity contribution in [1.82, 2.24) is 10.2 Å². The monoisotopic (exact) mass is 172 g/mol. The molecular weight excluding hydrogens is 160 g/mol. The van der Waals surface area contributed by atoms with Crippen LogP contribution >= 0.6 is 0 Å². The zero-order valence-electron chi connectivity index (χ0n) is 6.62. The highest BCUT2D eigenvalue weighted by Crippen LogP contribution is 2.01. The molecule has 5 N–H and O–H groups in total. The van der Waals surface area contributed by atoms with Gasteiger partial charge in [-0.2, -0.15) is 0 Å². The molecule has 0 aromatic rings. The molecule has 0 unspecified atom stereocenters. The lowest BCUT2D eigenvalue weighted by Gasteiger charge is -2.32. The van der Waals surface area contributed by atoms with E-state index in [9.17, 15) is 9.59 Å². The van der Waals surface area contributed by atoms with Crippen molar-refractivity contribution < 1.29 is 9.59 Å². The molecule has 1 rings (SSSR count). The minimum Gasteiger partial charge on any atom is -0.368 e. The Morgan fingerprint density at radius 3 is 2.50 bits per heavy atom. The summed E-state index contributed by atoms with van der Waals surface area (Å²) in [6, 6.07) is -1.20. The fourth-order valence-electron chi connectivity index (χ4n) is 1.22. The molecular formula is C6H12N4O2. The van der Waals surface area contributed by atoms with E-state index in [-0.39, 0.29) is 0 Å². The van der Waals surface area contributed by atoms with Crippen LogP contribution in [0.5, 0.6) is 0 Å². The second-order valence-electron chi connectivity index (χ2n) is 2.65. The molecule has 3 amide bonds. The Kier molecular flexibility index (Phi) is 2.49. The zero-order valence-corrected chi connectivity index (χ0v) is 6.62. The molecule has 12 heavy (non-hydrogen) atoms. The minimum atomic E-state index is -0.601. The lowest BCUT2D eigenvalue weighted by molar-refractivity contribution is -0.122. The summed E-state index contributed by atoms with van der Waals surface area (Å²) < 4.78 is 0. The van der Waals surface area contributed by atoms with Crippen LogP contribution in [0.4, 0.5) is 4.79 Å². The van der Waals surface area contributed by atoms with Gasteiger partial charge in [-0.3, -0.25) is 4.79 Å². The molecule has 6 heteroatoms. The van der Waals surface area contributed by atoms with Crippen molar-refractivity contribution in [1.29, 1.82) is 0 Å². The van der Waals surface area contributed by atoms with Crippen LogP contribution in [0, 0.1) is 0 Å². The Hall–Kier alpha value is -1.30. The van der Waals surface area contributed by atoms with E-state index < -0.39 is 18.0 Å². The first-order chi connectivity index (χ1) is 5.63. The highest BCUT2D eigenvalue weighted by molar-refractivity contribution is 5.85. The van der Waals surface area contributed by atoms with Crippen LogP contribution in [-0.4, -0.2) is 42.5 Å². The summed E-state index contributed by atoms with van der Waals surface area (Å²) in [5.41, 5.74) is 10.1. The number of carbonyl (C=O) groups is 2. The fraction of sp³-hybridized carbons (Fsp3) is 0.667. The van der Waals surface area contributed by atoms with Crippen molar-refractivity contribution >= 4 is 11.9 Å². The Morgan fingerprint density at radius 1 is 1.42 bits per heavy atom. The fourth-order valence-corrected chi connectivity index (χ4v) is 1.22. The van der Waals surface area contributed by atoms with E-state index in [2.05, 4.69) is 5.32 Å². The number of nitrogens with two attached hydrogens (primary N) is 2. The second-order valence-corrected chi connectivity index (χ2v) is 2.65. The van der Waals surface area contributed by atoms with Crippen LogP contribution in [0.2, 0.25) is 0 Å². The Labute approximate surface area is 69.9 Å². The highest BCUT2D eigenvalue weighted by Gasteiger charge is 2.28. The van der Waals surface area contributed by atoms with Gasteiger partial charge in [0.05, 0.1) is 0 Å². The van der Waals surface area contributed by atoms with Gasteiger partial charge < -0.3 is 21.7 Å². The Bertz CT molecular complexity index is 184. The van der Waals surface area contributed by atoms with Crippen molar-refractivity contribution in [2.24, 2.45) is 11.5 Å². The zero-order chi connectivity index (χ0) is 9.14. The molecule has 0 aromatic carbocycles. The van der Waals surface area contributed by atoms with Gasteiger partial charge in [-0.25, -0.2) is 4.79 Å². The third-order valence-electron chi connectivity index (χ3n) is 1.85. The van der Waals surface area contributed by atoms with Gasteiger partial charge in [0.25, 0.3) is 0 Å². The minimum absolute atomic E-state index is 0.387. The first kappa shape index (κ1) is 8.79. The molecule has 0 saturated carbocycles. The van der Waals surface area contributed by atoms with E-state index in [1.54, 1.807) is 0 Å². The number of amides is 3. The van der Waals surface area contributed by atoms with E-state index >= 15 is 0 Å². The second kappa shape index (κ2) is 3.40. The smallest absolute Gasteiger partial charge is 0.315 e. The normalized spacial score (nSPS) is 23.7. The quantitative estimate of drug-likeness (QED) is 0.419. The van der Waals surface area contributed by atoms with Gasteiger partial charge in [-0.05, 0) is 0 Å². The van der Waals surface area contributed by atoms with Gasteiger partial charge in [-0.1, -0.05) is 0 Å². The number of carbonyl (C=O) groups excluding carboxylic acids is 2. The number of primary amides is 2. The molecule has 1 atom stereocenters. The molecule has 1 aliphatic rings. The van der Waals surface area contributed by atoms with Crippen molar-refractivity contribution in [2.45, 2.75) is 6.04 Å². The number of piperazine rings is 1. The number of nitrogens with one attached hydrogen (secondary N) is 1. The maximum atomic E-state index is 10.8. The molecule has 1 saturated heterocycles. The van der Waals surface area contributed by atoms with Crippen molar-refractivity contribution in [2.75, 3.05) is 19.6 Å². The molecule has 1 heterocycles. The SMILES string of the molecule is NC(=O)[C@H]1CNCCN1C(N)=O. The lowest BCUT2D eigenvalue weighted by Crippen LogP contribution is -2.60. The summed E-state index contributed by atoms with van der Waals surface area (Å²) in [7, 11) is 0. The molecule has 0 aromatic heterocycles. The maximum Gasteiger partial charge on any atom is 0.315 e. The molecule has 0 radical (unpaired) electrons. The number of hydrogen-bond acceptors (Lipinski definition) is 3. The number of hydrogen-bond donors (Lipinski definition) is 3. The van der Waals surface area contributed by atoms with Gasteiger partial charge in [-0.15, -0.1) is 0 Å². The summed E-state index contributed by atoms with van der Waals surface area (Å²) in [5, 5.41) is 2.95. The largest absolute Gasteiger partial charge is 0.368 e. The Balaban J connectivity index is 2.67. The van der Waals surface area contributed by atoms with E-state index in [0.29, 0.717) is 19.6 Å². The van der Waals surface area contributed by atoms with Crippen molar-refractivity contribution in [3.8, 4) is 0 Å². The molecule has 0 bridgehead atoms. The summed E-state index contributed by atoms with van der Waals surface area (Å²) in [5.74, 6) is -0.527. The van der Waals surface area contributed by atoms with Crippen molar-refractivity contribution in [3.63, 3.8) is 0 Å². The number of nitrogens with zero attached hydrogens (tertiary/aromatic N) is 1. The first-order valence-corrected chi connectivity index (χ1v) is 3.69. The van der Waals surface area contributed by atoms with Crippen molar-refractivity contribution in [3.05, 3.63) is 0 Å². The maximum absolute atomic E-state index is 10.8. The standard InChI is InChI=1S/C6H12N4O2/c7-5(11)4-3-9-1-2-10(4)6(8)12/h4,9H,1-3H2,(H2,7,11)(H2,8,12)/t4-/m1/s1. The highest BCUT2D eigenvalue weighted by atomic mass is 16.2. The van der Waals surface area contributed by atoms with Crippen LogP contribution in [-0.2, 0) is 4.79 Å². The summed E-state index contributed by atoms with van der Waals surface area (Å²) in [6.07, 6.45) is 0. The van der Waals surface area contributed by atoms with E-state index in [1.165, 1.54) is 4.90 Å². The number of rotatable bonds is 1. The Morgan fingerprint density at radius 2 is 2.08 bits per heavy atom. The first-order valence-electron chi connectivity index (χ1n) is 3.69. The predicted molar refractivity (Wildman–Crippen MR) is 42.1 cm³/mol. The van der Waals surface area contributed by atoms with E-state index in [4.69, 9.17) is 11.5 Å². The average molecular weight is 172 g/mol. The molecule has 6 nitrogen and oxygen atoms in total. The molecule has 1 aliphatic heterocycles. The third-order valence-corrected chi connectivity index (χ3v) is 1.85. The molecule has 0 spiro atoms. The molecule has 1 fully saturated rings. The molecule has 68 valence electrons. The van der Waals surface area contributed by atoms with Gasteiger partial charge >= 0.3 is 6.03 Å².